The second-order valence-corrected chi connectivity index (χ2v) is 6.80. The highest BCUT2D eigenvalue weighted by Gasteiger charge is 2.07. The molecule has 0 saturated heterocycles. The number of aryl methyl sites for hydroxylation is 1. The summed E-state index contributed by atoms with van der Waals surface area (Å²) in [4.78, 5) is 17.0. The second-order valence-electron chi connectivity index (χ2n) is 4.83. The summed E-state index contributed by atoms with van der Waals surface area (Å²) in [5, 5.41) is 3.46. The van der Waals surface area contributed by atoms with E-state index in [1.54, 1.807) is 0 Å². The first-order valence-electron chi connectivity index (χ1n) is 6.78. The molecule has 6 heteroatoms. The standard InChI is InChI=1S/C15H18BrN3OS/c1-10-7-11(4-5-13(10)16)8-12-9-18-15(21-12)19-14(20)3-2-6-17/h4-5,7,9H,2-3,6,8,17H2,1H3,(H,18,19,20). The normalized spacial score (nSPS) is 10.6. The molecule has 0 saturated carbocycles. The number of carbonyl (C=O) groups excluding carboxylic acids is 1. The molecule has 0 aliphatic rings. The smallest absolute Gasteiger partial charge is 0.226 e. The Kier molecular flexibility index (Phi) is 5.90. The number of rotatable bonds is 6. The molecule has 0 atom stereocenters. The van der Waals surface area contributed by atoms with E-state index in [-0.39, 0.29) is 5.91 Å². The molecule has 0 unspecified atom stereocenters. The number of nitrogens with zero attached hydrogens (tertiary/aromatic N) is 1. The quantitative estimate of drug-likeness (QED) is 0.820. The van der Waals surface area contributed by atoms with Crippen LogP contribution in [0.2, 0.25) is 0 Å². The van der Waals surface area contributed by atoms with Gasteiger partial charge in [-0.05, 0) is 37.1 Å². The van der Waals surface area contributed by atoms with E-state index in [0.717, 1.165) is 15.8 Å². The maximum Gasteiger partial charge on any atom is 0.226 e. The first kappa shape index (κ1) is 16.1. The Hall–Kier alpha value is -1.24. The molecule has 1 aromatic carbocycles. The summed E-state index contributed by atoms with van der Waals surface area (Å²) < 4.78 is 1.11. The average Bonchev–Trinajstić information content (AvgIpc) is 2.88. The fourth-order valence-electron chi connectivity index (χ4n) is 1.91. The van der Waals surface area contributed by atoms with Crippen molar-refractivity contribution in [2.24, 2.45) is 5.73 Å². The highest BCUT2D eigenvalue weighted by molar-refractivity contribution is 9.10. The molecule has 0 radical (unpaired) electrons. The number of thiazole rings is 1. The molecule has 2 rings (SSSR count). The van der Waals surface area contributed by atoms with Gasteiger partial charge in [-0.15, -0.1) is 11.3 Å². The van der Waals surface area contributed by atoms with Crippen molar-refractivity contribution >= 4 is 38.3 Å². The van der Waals surface area contributed by atoms with E-state index in [1.165, 1.54) is 22.5 Å². The molecule has 0 spiro atoms. The van der Waals surface area contributed by atoms with Crippen molar-refractivity contribution in [3.05, 3.63) is 44.9 Å². The summed E-state index contributed by atoms with van der Waals surface area (Å²) in [6.07, 6.45) is 3.78. The van der Waals surface area contributed by atoms with Crippen molar-refractivity contribution in [3.8, 4) is 0 Å². The molecule has 21 heavy (non-hydrogen) atoms. The van der Waals surface area contributed by atoms with E-state index in [9.17, 15) is 4.79 Å². The second kappa shape index (κ2) is 7.68. The van der Waals surface area contributed by atoms with Gasteiger partial charge >= 0.3 is 0 Å². The molecule has 0 aliphatic heterocycles. The third kappa shape index (κ3) is 4.91. The summed E-state index contributed by atoms with van der Waals surface area (Å²) >= 11 is 5.01. The van der Waals surface area contributed by atoms with E-state index in [0.29, 0.717) is 24.5 Å². The lowest BCUT2D eigenvalue weighted by molar-refractivity contribution is -0.116. The summed E-state index contributed by atoms with van der Waals surface area (Å²) in [6, 6.07) is 6.31. The van der Waals surface area contributed by atoms with Crippen molar-refractivity contribution < 1.29 is 4.79 Å². The minimum Gasteiger partial charge on any atom is -0.330 e. The van der Waals surface area contributed by atoms with Crippen LogP contribution in [0.3, 0.4) is 0 Å². The Morgan fingerprint density at radius 3 is 3.00 bits per heavy atom. The predicted octanol–water partition coefficient (Wildman–Crippen LogP) is 3.48. The minimum absolute atomic E-state index is 0.0270. The Bertz CT molecular complexity index is 627. The van der Waals surface area contributed by atoms with E-state index in [2.05, 4.69) is 51.4 Å². The molecule has 1 heterocycles. The lowest BCUT2D eigenvalue weighted by Crippen LogP contribution is -2.13. The molecule has 2 aromatic rings. The third-order valence-electron chi connectivity index (χ3n) is 3.01. The topological polar surface area (TPSA) is 68.0 Å². The van der Waals surface area contributed by atoms with Crippen LogP contribution in [0.1, 0.15) is 28.8 Å². The number of halogens is 1. The highest BCUT2D eigenvalue weighted by atomic mass is 79.9. The van der Waals surface area contributed by atoms with E-state index in [1.807, 2.05) is 6.20 Å². The first-order chi connectivity index (χ1) is 10.1. The van der Waals surface area contributed by atoms with Gasteiger partial charge in [-0.2, -0.15) is 0 Å². The summed E-state index contributed by atoms with van der Waals surface area (Å²) in [7, 11) is 0. The number of hydrogen-bond donors (Lipinski definition) is 2. The van der Waals surface area contributed by atoms with Crippen LogP contribution in [0.4, 0.5) is 5.13 Å². The molecular weight excluding hydrogens is 350 g/mol. The number of nitrogens with one attached hydrogen (secondary N) is 1. The van der Waals surface area contributed by atoms with Crippen molar-refractivity contribution in [1.82, 2.24) is 4.98 Å². The third-order valence-corrected chi connectivity index (χ3v) is 4.81. The van der Waals surface area contributed by atoms with Gasteiger partial charge in [0.25, 0.3) is 0 Å². The van der Waals surface area contributed by atoms with Crippen LogP contribution in [0.5, 0.6) is 0 Å². The van der Waals surface area contributed by atoms with Gasteiger partial charge in [0.2, 0.25) is 5.91 Å². The number of nitrogens with two attached hydrogens (primary N) is 1. The van der Waals surface area contributed by atoms with E-state index >= 15 is 0 Å². The van der Waals surface area contributed by atoms with Crippen LogP contribution in [0.25, 0.3) is 0 Å². The van der Waals surface area contributed by atoms with Gasteiger partial charge in [-0.3, -0.25) is 4.79 Å². The minimum atomic E-state index is -0.0270. The fraction of sp³-hybridized carbons (Fsp3) is 0.333. The highest BCUT2D eigenvalue weighted by Crippen LogP contribution is 2.23. The van der Waals surface area contributed by atoms with Crippen molar-refractivity contribution in [2.45, 2.75) is 26.2 Å². The lowest BCUT2D eigenvalue weighted by Gasteiger charge is -2.02. The lowest BCUT2D eigenvalue weighted by atomic mass is 10.1. The SMILES string of the molecule is Cc1cc(Cc2cnc(NC(=O)CCCN)s2)ccc1Br. The maximum absolute atomic E-state index is 11.6. The van der Waals surface area contributed by atoms with Crippen LogP contribution < -0.4 is 11.1 Å². The number of benzene rings is 1. The molecule has 1 amide bonds. The fourth-order valence-corrected chi connectivity index (χ4v) is 3.02. The van der Waals surface area contributed by atoms with Crippen molar-refractivity contribution in [2.75, 3.05) is 11.9 Å². The number of anilines is 1. The molecule has 0 fully saturated rings. The summed E-state index contributed by atoms with van der Waals surface area (Å²) in [5.41, 5.74) is 7.84. The molecular formula is C15H18BrN3OS. The van der Waals surface area contributed by atoms with Crippen LogP contribution >= 0.6 is 27.3 Å². The Labute approximate surface area is 136 Å². The van der Waals surface area contributed by atoms with E-state index in [4.69, 9.17) is 5.73 Å². The molecule has 0 bridgehead atoms. The number of amides is 1. The van der Waals surface area contributed by atoms with Gasteiger partial charge in [0, 0.05) is 28.4 Å². The maximum atomic E-state index is 11.6. The van der Waals surface area contributed by atoms with Gasteiger partial charge in [0.05, 0.1) is 0 Å². The molecule has 3 N–H and O–H groups in total. The monoisotopic (exact) mass is 367 g/mol. The number of carbonyl (C=O) groups is 1. The van der Waals surface area contributed by atoms with Gasteiger partial charge in [-0.1, -0.05) is 28.1 Å². The van der Waals surface area contributed by atoms with Crippen LogP contribution in [-0.2, 0) is 11.2 Å². The summed E-state index contributed by atoms with van der Waals surface area (Å²) in [5.74, 6) is -0.0270. The molecule has 1 aromatic heterocycles. The number of aromatic nitrogens is 1. The van der Waals surface area contributed by atoms with Crippen molar-refractivity contribution in [3.63, 3.8) is 0 Å². The van der Waals surface area contributed by atoms with E-state index < -0.39 is 0 Å². The molecule has 0 aliphatic carbocycles. The number of hydrogen-bond acceptors (Lipinski definition) is 4. The zero-order valence-electron chi connectivity index (χ0n) is 11.9. The van der Waals surface area contributed by atoms with Crippen LogP contribution in [0, 0.1) is 6.92 Å². The largest absolute Gasteiger partial charge is 0.330 e. The molecule has 4 nitrogen and oxygen atoms in total. The zero-order valence-corrected chi connectivity index (χ0v) is 14.3. The predicted molar refractivity (Wildman–Crippen MR) is 90.7 cm³/mol. The van der Waals surface area contributed by atoms with Gasteiger partial charge in [0.15, 0.2) is 5.13 Å². The average molecular weight is 368 g/mol. The Morgan fingerprint density at radius 1 is 1.48 bits per heavy atom. The van der Waals surface area contributed by atoms with Gasteiger partial charge < -0.3 is 11.1 Å². The Morgan fingerprint density at radius 2 is 2.29 bits per heavy atom. The van der Waals surface area contributed by atoms with Crippen LogP contribution in [-0.4, -0.2) is 17.4 Å². The Balaban J connectivity index is 1.96. The molecule has 112 valence electrons. The first-order valence-corrected chi connectivity index (χ1v) is 8.39. The van der Waals surface area contributed by atoms with Gasteiger partial charge in [-0.25, -0.2) is 4.98 Å². The van der Waals surface area contributed by atoms with Gasteiger partial charge in [0.1, 0.15) is 0 Å². The summed E-state index contributed by atoms with van der Waals surface area (Å²) in [6.45, 7) is 2.60. The zero-order chi connectivity index (χ0) is 15.2. The van der Waals surface area contributed by atoms with Crippen LogP contribution in [0.15, 0.2) is 28.9 Å². The van der Waals surface area contributed by atoms with Crippen molar-refractivity contribution in [1.29, 1.82) is 0 Å².